The van der Waals surface area contributed by atoms with E-state index in [1.807, 2.05) is 0 Å². The van der Waals surface area contributed by atoms with Crippen molar-refractivity contribution in [2.24, 2.45) is 0 Å². The summed E-state index contributed by atoms with van der Waals surface area (Å²) in [7, 11) is 0. The lowest BCUT2D eigenvalue weighted by atomic mass is 10.1. The van der Waals surface area contributed by atoms with Crippen LogP contribution in [0.5, 0.6) is 0 Å². The van der Waals surface area contributed by atoms with Gasteiger partial charge in [0.1, 0.15) is 0 Å². The van der Waals surface area contributed by atoms with E-state index in [0.29, 0.717) is 18.1 Å². The second-order valence-electron chi connectivity index (χ2n) is 5.73. The van der Waals surface area contributed by atoms with Gasteiger partial charge in [0.15, 0.2) is 0 Å². The highest BCUT2D eigenvalue weighted by atomic mass is 16.5. The number of ether oxygens (including phenoxy) is 1. The van der Waals surface area contributed by atoms with Gasteiger partial charge in [-0.2, -0.15) is 0 Å². The van der Waals surface area contributed by atoms with Crippen molar-refractivity contribution in [3.63, 3.8) is 0 Å². The molecule has 1 unspecified atom stereocenters. The molecule has 0 aromatic heterocycles. The Morgan fingerprint density at radius 2 is 1.53 bits per heavy atom. The van der Waals surface area contributed by atoms with Gasteiger partial charge in [-0.3, -0.25) is 9.80 Å². The third-order valence-corrected chi connectivity index (χ3v) is 3.67. The summed E-state index contributed by atoms with van der Waals surface area (Å²) in [5.74, 6) is 0. The molecule has 3 nitrogen and oxygen atoms in total. The summed E-state index contributed by atoms with van der Waals surface area (Å²) in [6.45, 7) is 16.8. The lowest BCUT2D eigenvalue weighted by Crippen LogP contribution is -2.46. The first kappa shape index (κ1) is 14.9. The van der Waals surface area contributed by atoms with E-state index in [9.17, 15) is 0 Å². The van der Waals surface area contributed by atoms with Crippen molar-refractivity contribution in [3.8, 4) is 0 Å². The second-order valence-corrected chi connectivity index (χ2v) is 5.73. The van der Waals surface area contributed by atoms with Crippen LogP contribution in [0.4, 0.5) is 0 Å². The Morgan fingerprint density at radius 3 is 2.00 bits per heavy atom. The first-order chi connectivity index (χ1) is 8.02. The standard InChI is InChI=1S/C14H30N2O/c1-12(2)16(13(3)4)14(5)6-7-15-8-10-17-11-9-15/h12-14H,6-11H2,1-5H3. The molecule has 0 saturated carbocycles. The van der Waals surface area contributed by atoms with E-state index in [2.05, 4.69) is 44.4 Å². The molecule has 1 rings (SSSR count). The summed E-state index contributed by atoms with van der Waals surface area (Å²) in [4.78, 5) is 5.14. The summed E-state index contributed by atoms with van der Waals surface area (Å²) in [6.07, 6.45) is 1.26. The van der Waals surface area contributed by atoms with E-state index < -0.39 is 0 Å². The Morgan fingerprint density at radius 1 is 1.00 bits per heavy atom. The average Bonchev–Trinajstić information content (AvgIpc) is 2.27. The van der Waals surface area contributed by atoms with E-state index in [0.717, 1.165) is 26.3 Å². The maximum absolute atomic E-state index is 5.38. The molecule has 1 atom stereocenters. The predicted octanol–water partition coefficient (Wildman–Crippen LogP) is 2.22. The number of hydrogen-bond acceptors (Lipinski definition) is 3. The fourth-order valence-corrected chi connectivity index (χ4v) is 2.96. The topological polar surface area (TPSA) is 15.7 Å². The van der Waals surface area contributed by atoms with E-state index >= 15 is 0 Å². The number of hydrogen-bond donors (Lipinski definition) is 0. The zero-order chi connectivity index (χ0) is 12.8. The van der Waals surface area contributed by atoms with Crippen LogP contribution in [0.25, 0.3) is 0 Å². The highest BCUT2D eigenvalue weighted by molar-refractivity contribution is 4.76. The maximum atomic E-state index is 5.38. The smallest absolute Gasteiger partial charge is 0.0594 e. The Kier molecular flexibility index (Phi) is 6.45. The molecule has 17 heavy (non-hydrogen) atoms. The minimum atomic E-state index is 0.634. The molecule has 3 heteroatoms. The fourth-order valence-electron chi connectivity index (χ4n) is 2.96. The number of morpholine rings is 1. The van der Waals surface area contributed by atoms with Crippen LogP contribution < -0.4 is 0 Å². The lowest BCUT2D eigenvalue weighted by Gasteiger charge is -2.37. The molecule has 0 amide bonds. The summed E-state index contributed by atoms with van der Waals surface area (Å²) < 4.78 is 5.38. The Hall–Kier alpha value is -0.120. The first-order valence-corrected chi connectivity index (χ1v) is 7.10. The SMILES string of the molecule is CC(C)N(C(C)C)C(C)CCN1CCOCC1. The van der Waals surface area contributed by atoms with E-state index in [-0.39, 0.29) is 0 Å². The molecule has 102 valence electrons. The van der Waals surface area contributed by atoms with E-state index in [1.54, 1.807) is 0 Å². The molecule has 0 bridgehead atoms. The van der Waals surface area contributed by atoms with Gasteiger partial charge < -0.3 is 4.74 Å². The van der Waals surface area contributed by atoms with Crippen molar-refractivity contribution in [2.75, 3.05) is 32.8 Å². The quantitative estimate of drug-likeness (QED) is 0.710. The highest BCUT2D eigenvalue weighted by Gasteiger charge is 2.21. The molecule has 1 saturated heterocycles. The van der Waals surface area contributed by atoms with Crippen LogP contribution in [0.15, 0.2) is 0 Å². The molecule has 0 aromatic rings. The molecular formula is C14H30N2O. The maximum Gasteiger partial charge on any atom is 0.0594 e. The van der Waals surface area contributed by atoms with Crippen LogP contribution in [0.2, 0.25) is 0 Å². The molecule has 0 N–H and O–H groups in total. The zero-order valence-corrected chi connectivity index (χ0v) is 12.3. The molecule has 1 aliphatic heterocycles. The van der Waals surface area contributed by atoms with E-state index in [4.69, 9.17) is 4.74 Å². The van der Waals surface area contributed by atoms with Gasteiger partial charge in [-0.05, 0) is 47.6 Å². The third-order valence-electron chi connectivity index (χ3n) is 3.67. The Balaban J connectivity index is 2.33. The first-order valence-electron chi connectivity index (χ1n) is 7.10. The van der Waals surface area contributed by atoms with Crippen LogP contribution in [0, 0.1) is 0 Å². The Bertz CT molecular complexity index is 192. The minimum absolute atomic E-state index is 0.634. The fraction of sp³-hybridized carbons (Fsp3) is 1.00. The van der Waals surface area contributed by atoms with Gasteiger partial charge in [0.2, 0.25) is 0 Å². The molecular weight excluding hydrogens is 212 g/mol. The van der Waals surface area contributed by atoms with Crippen LogP contribution >= 0.6 is 0 Å². The van der Waals surface area contributed by atoms with Gasteiger partial charge in [0.25, 0.3) is 0 Å². The normalized spacial score (nSPS) is 20.5. The van der Waals surface area contributed by atoms with Gasteiger partial charge in [-0.1, -0.05) is 0 Å². The van der Waals surface area contributed by atoms with Gasteiger partial charge in [0.05, 0.1) is 13.2 Å². The van der Waals surface area contributed by atoms with Crippen molar-refractivity contribution >= 4 is 0 Å². The summed E-state index contributed by atoms with van der Waals surface area (Å²) in [5.41, 5.74) is 0. The zero-order valence-electron chi connectivity index (χ0n) is 12.3. The molecule has 1 heterocycles. The Labute approximate surface area is 107 Å². The van der Waals surface area contributed by atoms with Crippen LogP contribution in [-0.4, -0.2) is 60.8 Å². The molecule has 0 spiro atoms. The summed E-state index contributed by atoms with van der Waals surface area (Å²) >= 11 is 0. The largest absolute Gasteiger partial charge is 0.379 e. The number of nitrogens with zero attached hydrogens (tertiary/aromatic N) is 2. The van der Waals surface area contributed by atoms with Crippen molar-refractivity contribution in [1.29, 1.82) is 0 Å². The second kappa shape index (κ2) is 7.34. The van der Waals surface area contributed by atoms with Crippen LogP contribution in [0.3, 0.4) is 0 Å². The average molecular weight is 242 g/mol. The van der Waals surface area contributed by atoms with Gasteiger partial charge in [-0.15, -0.1) is 0 Å². The van der Waals surface area contributed by atoms with Crippen molar-refractivity contribution in [3.05, 3.63) is 0 Å². The summed E-state index contributed by atoms with van der Waals surface area (Å²) in [5, 5.41) is 0. The van der Waals surface area contributed by atoms with Gasteiger partial charge in [-0.25, -0.2) is 0 Å². The summed E-state index contributed by atoms with van der Waals surface area (Å²) in [6, 6.07) is 1.93. The van der Waals surface area contributed by atoms with Crippen molar-refractivity contribution in [2.45, 2.75) is 59.2 Å². The number of rotatable bonds is 6. The van der Waals surface area contributed by atoms with E-state index in [1.165, 1.54) is 13.0 Å². The monoisotopic (exact) mass is 242 g/mol. The molecule has 1 aliphatic rings. The predicted molar refractivity (Wildman–Crippen MR) is 73.4 cm³/mol. The minimum Gasteiger partial charge on any atom is -0.379 e. The van der Waals surface area contributed by atoms with Gasteiger partial charge in [0, 0.05) is 31.2 Å². The molecule has 0 aromatic carbocycles. The molecule has 1 fully saturated rings. The molecule has 0 radical (unpaired) electrons. The lowest BCUT2D eigenvalue weighted by molar-refractivity contribution is 0.0302. The van der Waals surface area contributed by atoms with Crippen LogP contribution in [-0.2, 0) is 4.74 Å². The van der Waals surface area contributed by atoms with Gasteiger partial charge >= 0.3 is 0 Å². The third kappa shape index (κ3) is 4.94. The van der Waals surface area contributed by atoms with Crippen molar-refractivity contribution in [1.82, 2.24) is 9.80 Å². The highest BCUT2D eigenvalue weighted by Crippen LogP contribution is 2.14. The molecule has 0 aliphatic carbocycles. The van der Waals surface area contributed by atoms with Crippen molar-refractivity contribution < 1.29 is 4.74 Å². The van der Waals surface area contributed by atoms with Crippen LogP contribution in [0.1, 0.15) is 41.0 Å².